The molecule has 2 aromatic carbocycles. The zero-order valence-corrected chi connectivity index (χ0v) is 16.5. The van der Waals surface area contributed by atoms with Gasteiger partial charge in [-0.2, -0.15) is 39.5 Å². The molecule has 0 aliphatic carbocycles. The molecule has 0 amide bonds. The lowest BCUT2D eigenvalue weighted by Gasteiger charge is -2.21. The van der Waals surface area contributed by atoms with Gasteiger partial charge in [-0.1, -0.05) is 15.9 Å². The second-order valence-electron chi connectivity index (χ2n) is 6.20. The SMILES string of the molecule is N#CON(Cc1cc(C(F)(F)F)cc(C(F)(F)F)c1)Cc1cc(C(F)(F)F)ccc1Br. The Morgan fingerprint density at radius 1 is 0.774 bits per heavy atom. The molecule has 2 rings (SSSR count). The van der Waals surface area contributed by atoms with Crippen molar-refractivity contribution in [2.24, 2.45) is 0 Å². The molecule has 0 heterocycles. The summed E-state index contributed by atoms with van der Waals surface area (Å²) in [5, 5.41) is 9.38. The topological polar surface area (TPSA) is 36.3 Å². The van der Waals surface area contributed by atoms with Crippen LogP contribution < -0.4 is 0 Å². The second-order valence-corrected chi connectivity index (χ2v) is 7.05. The summed E-state index contributed by atoms with van der Waals surface area (Å²) in [5.74, 6) is 0. The van der Waals surface area contributed by atoms with Gasteiger partial charge in [-0.3, -0.25) is 0 Å². The maximum atomic E-state index is 13.0. The molecule has 0 bridgehead atoms. The smallest absolute Gasteiger partial charge is 0.327 e. The Labute approximate surface area is 177 Å². The number of rotatable bonds is 5. The molecule has 31 heavy (non-hydrogen) atoms. The summed E-state index contributed by atoms with van der Waals surface area (Å²) in [4.78, 5) is 4.56. The molecule has 0 spiro atoms. The number of hydrogen-bond acceptors (Lipinski definition) is 3. The lowest BCUT2D eigenvalue weighted by molar-refractivity contribution is -0.143. The molecule has 3 nitrogen and oxygen atoms in total. The van der Waals surface area contributed by atoms with Gasteiger partial charge in [-0.15, -0.1) is 10.3 Å². The van der Waals surface area contributed by atoms with E-state index in [1.54, 1.807) is 0 Å². The van der Waals surface area contributed by atoms with Gasteiger partial charge < -0.3 is 4.84 Å². The van der Waals surface area contributed by atoms with Gasteiger partial charge >= 0.3 is 24.8 Å². The van der Waals surface area contributed by atoms with Crippen LogP contribution >= 0.6 is 15.9 Å². The van der Waals surface area contributed by atoms with E-state index >= 15 is 0 Å². The standard InChI is InChI=1S/C18H10BrF9N2O/c19-15-2-1-12(16(20,21)22)5-11(15)8-30(31-9-29)7-10-3-13(17(23,24)25)6-14(4-10)18(26,27)28/h1-6H,7-8H2. The molecule has 0 saturated carbocycles. The van der Waals surface area contributed by atoms with Gasteiger partial charge in [-0.05, 0) is 47.5 Å². The number of alkyl halides is 9. The summed E-state index contributed by atoms with van der Waals surface area (Å²) in [6.07, 6.45) is -13.7. The fourth-order valence-corrected chi connectivity index (χ4v) is 2.93. The van der Waals surface area contributed by atoms with Gasteiger partial charge in [-0.25, -0.2) is 0 Å². The van der Waals surface area contributed by atoms with Gasteiger partial charge in [0.2, 0.25) is 0 Å². The van der Waals surface area contributed by atoms with Crippen molar-refractivity contribution in [1.82, 2.24) is 5.06 Å². The first-order valence-electron chi connectivity index (χ1n) is 8.06. The number of nitriles is 1. The lowest BCUT2D eigenvalue weighted by atomic mass is 10.0. The number of nitrogens with zero attached hydrogens (tertiary/aromatic N) is 2. The summed E-state index contributed by atoms with van der Waals surface area (Å²) >= 11 is 3.01. The summed E-state index contributed by atoms with van der Waals surface area (Å²) in [7, 11) is 0. The normalized spacial score (nSPS) is 12.7. The van der Waals surface area contributed by atoms with Crippen LogP contribution in [0.25, 0.3) is 0 Å². The average molecular weight is 521 g/mol. The van der Waals surface area contributed by atoms with E-state index < -0.39 is 53.9 Å². The number of hydrogen-bond donors (Lipinski definition) is 0. The molecule has 0 unspecified atom stereocenters. The van der Waals surface area contributed by atoms with Crippen LogP contribution in [0.4, 0.5) is 39.5 Å². The van der Waals surface area contributed by atoms with E-state index in [4.69, 9.17) is 5.26 Å². The van der Waals surface area contributed by atoms with E-state index in [2.05, 4.69) is 20.8 Å². The summed E-state index contributed by atoms with van der Waals surface area (Å²) in [6.45, 7) is -1.29. The maximum absolute atomic E-state index is 13.0. The van der Waals surface area contributed by atoms with Gasteiger partial charge in [0.25, 0.3) is 0 Å². The zero-order valence-electron chi connectivity index (χ0n) is 15.0. The lowest BCUT2D eigenvalue weighted by Crippen LogP contribution is -2.23. The Balaban J connectivity index is 2.41. The van der Waals surface area contributed by atoms with Crippen molar-refractivity contribution in [3.05, 3.63) is 68.7 Å². The quantitative estimate of drug-likeness (QED) is 0.244. The molecule has 0 aliphatic rings. The van der Waals surface area contributed by atoms with Crippen LogP contribution in [0.3, 0.4) is 0 Å². The molecule has 0 aromatic heterocycles. The van der Waals surface area contributed by atoms with Crippen molar-refractivity contribution in [3.63, 3.8) is 0 Å². The predicted molar refractivity (Wildman–Crippen MR) is 91.5 cm³/mol. The Morgan fingerprint density at radius 2 is 1.29 bits per heavy atom. The third kappa shape index (κ3) is 6.76. The Bertz CT molecular complexity index is 946. The first-order chi connectivity index (χ1) is 14.1. The van der Waals surface area contributed by atoms with E-state index in [1.807, 2.05) is 0 Å². The fraction of sp³-hybridized carbons (Fsp3) is 0.278. The molecule has 0 aliphatic heterocycles. The minimum absolute atomic E-state index is 0.0619. The molecule has 0 atom stereocenters. The summed E-state index contributed by atoms with van der Waals surface area (Å²) in [5.41, 5.74) is -4.77. The van der Waals surface area contributed by atoms with Crippen LogP contribution in [-0.2, 0) is 36.5 Å². The van der Waals surface area contributed by atoms with Gasteiger partial charge in [0, 0.05) is 4.47 Å². The first kappa shape index (κ1) is 24.8. The van der Waals surface area contributed by atoms with Crippen LogP contribution in [-0.4, -0.2) is 5.06 Å². The molecule has 0 N–H and O–H groups in total. The second kappa shape index (κ2) is 8.96. The van der Waals surface area contributed by atoms with E-state index in [9.17, 15) is 39.5 Å². The van der Waals surface area contributed by atoms with Gasteiger partial charge in [0.05, 0.1) is 29.8 Å². The van der Waals surface area contributed by atoms with Crippen molar-refractivity contribution >= 4 is 15.9 Å². The Hall–Kier alpha value is -2.46. The van der Waals surface area contributed by atoms with E-state index in [-0.39, 0.29) is 16.1 Å². The summed E-state index contributed by atoms with van der Waals surface area (Å²) < 4.78 is 117. The van der Waals surface area contributed by atoms with Crippen molar-refractivity contribution < 1.29 is 44.4 Å². The highest BCUT2D eigenvalue weighted by Crippen LogP contribution is 2.37. The summed E-state index contributed by atoms with van der Waals surface area (Å²) in [6, 6.07) is 3.35. The van der Waals surface area contributed by atoms with E-state index in [0.29, 0.717) is 23.3 Å². The zero-order chi connectivity index (χ0) is 23.6. The monoisotopic (exact) mass is 520 g/mol. The minimum atomic E-state index is -5.08. The van der Waals surface area contributed by atoms with Crippen LogP contribution in [0.5, 0.6) is 0 Å². The molecule has 0 fully saturated rings. The van der Waals surface area contributed by atoms with Crippen LogP contribution in [0.2, 0.25) is 0 Å². The number of hydroxylamine groups is 2. The van der Waals surface area contributed by atoms with E-state index in [1.165, 1.54) is 6.26 Å². The highest BCUT2D eigenvalue weighted by molar-refractivity contribution is 9.10. The Kier molecular flexibility index (Phi) is 7.17. The minimum Gasteiger partial charge on any atom is -0.327 e. The maximum Gasteiger partial charge on any atom is 0.416 e. The largest absolute Gasteiger partial charge is 0.416 e. The molecule has 13 heteroatoms. The van der Waals surface area contributed by atoms with Crippen molar-refractivity contribution in [2.45, 2.75) is 31.6 Å². The van der Waals surface area contributed by atoms with Gasteiger partial charge in [0.1, 0.15) is 0 Å². The molecular weight excluding hydrogens is 511 g/mol. The van der Waals surface area contributed by atoms with Gasteiger partial charge in [0.15, 0.2) is 0 Å². The van der Waals surface area contributed by atoms with Crippen molar-refractivity contribution in [3.8, 4) is 6.26 Å². The number of halogens is 10. The fourth-order valence-electron chi connectivity index (χ4n) is 2.55. The van der Waals surface area contributed by atoms with Crippen LogP contribution in [0.15, 0.2) is 40.9 Å². The van der Waals surface area contributed by atoms with Crippen LogP contribution in [0, 0.1) is 11.5 Å². The molecule has 2 aromatic rings. The predicted octanol–water partition coefficient (Wildman–Crippen LogP) is 6.92. The van der Waals surface area contributed by atoms with E-state index in [0.717, 1.165) is 12.1 Å². The molecular formula is C18H10BrF9N2O. The molecule has 0 radical (unpaired) electrons. The number of benzene rings is 2. The average Bonchev–Trinajstić information content (AvgIpc) is 2.61. The Morgan fingerprint density at radius 3 is 1.74 bits per heavy atom. The third-order valence-electron chi connectivity index (χ3n) is 3.90. The van der Waals surface area contributed by atoms with Crippen molar-refractivity contribution in [1.29, 1.82) is 5.26 Å². The highest BCUT2D eigenvalue weighted by Gasteiger charge is 2.37. The third-order valence-corrected chi connectivity index (χ3v) is 4.67. The first-order valence-corrected chi connectivity index (χ1v) is 8.85. The van der Waals surface area contributed by atoms with Crippen LogP contribution in [0.1, 0.15) is 27.8 Å². The molecule has 0 saturated heterocycles. The highest BCUT2D eigenvalue weighted by atomic mass is 79.9. The van der Waals surface area contributed by atoms with Crippen molar-refractivity contribution in [2.75, 3.05) is 0 Å². The molecule has 168 valence electrons.